The molecule has 0 radical (unpaired) electrons. The lowest BCUT2D eigenvalue weighted by atomic mass is 9.61. The summed E-state index contributed by atoms with van der Waals surface area (Å²) in [6.07, 6.45) is 2.09. The molecule has 1 aliphatic heterocycles. The van der Waals surface area contributed by atoms with Gasteiger partial charge < -0.3 is 16.4 Å². The second-order valence-corrected chi connectivity index (χ2v) is 5.40. The van der Waals surface area contributed by atoms with Gasteiger partial charge in [-0.2, -0.15) is 0 Å². The van der Waals surface area contributed by atoms with Gasteiger partial charge in [0.25, 0.3) is 0 Å². The van der Waals surface area contributed by atoms with Crippen LogP contribution in [0.15, 0.2) is 11.8 Å². The average molecular weight is 197 g/mol. The lowest BCUT2D eigenvalue weighted by Gasteiger charge is -2.58. The summed E-state index contributed by atoms with van der Waals surface area (Å²) < 4.78 is 0. The Morgan fingerprint density at radius 1 is 1.14 bits per heavy atom. The number of nitrogens with two attached hydrogens (primary N) is 2. The second-order valence-electron chi connectivity index (χ2n) is 5.40. The Kier molecular flexibility index (Phi) is 2.25. The van der Waals surface area contributed by atoms with Crippen molar-refractivity contribution in [2.75, 3.05) is 7.05 Å². The molecule has 0 spiro atoms. The highest BCUT2D eigenvalue weighted by Gasteiger charge is 2.54. The molecule has 0 aromatic carbocycles. The maximum absolute atomic E-state index is 6.41. The van der Waals surface area contributed by atoms with Gasteiger partial charge in [0.1, 0.15) is 5.66 Å². The van der Waals surface area contributed by atoms with Crippen molar-refractivity contribution in [3.63, 3.8) is 0 Å². The van der Waals surface area contributed by atoms with E-state index < -0.39 is 11.2 Å². The minimum atomic E-state index is -0.518. The molecular weight excluding hydrogens is 174 g/mol. The van der Waals surface area contributed by atoms with Crippen molar-refractivity contribution in [2.45, 2.75) is 45.8 Å². The van der Waals surface area contributed by atoms with Gasteiger partial charge in [0.15, 0.2) is 0 Å². The predicted molar refractivity (Wildman–Crippen MR) is 60.5 cm³/mol. The highest BCUT2D eigenvalue weighted by atomic mass is 15.3. The fraction of sp³-hybridized carbons (Fsp3) is 0.818. The lowest BCUT2D eigenvalue weighted by molar-refractivity contribution is 0.0148. The Hall–Kier alpha value is -0.540. The van der Waals surface area contributed by atoms with Gasteiger partial charge in [0, 0.05) is 18.7 Å². The zero-order chi connectivity index (χ0) is 11.4. The molecule has 0 aromatic heterocycles. The molecule has 3 nitrogen and oxygen atoms in total. The Morgan fingerprint density at radius 2 is 1.57 bits per heavy atom. The molecule has 0 fully saturated rings. The third-order valence-electron chi connectivity index (χ3n) is 4.46. The normalized spacial score (nSPS) is 42.3. The summed E-state index contributed by atoms with van der Waals surface area (Å²) in [5.41, 5.74) is 12.9. The summed E-state index contributed by atoms with van der Waals surface area (Å²) >= 11 is 0. The van der Waals surface area contributed by atoms with Gasteiger partial charge in [-0.25, -0.2) is 0 Å². The van der Waals surface area contributed by atoms with Crippen LogP contribution >= 0.6 is 0 Å². The van der Waals surface area contributed by atoms with E-state index in [4.69, 9.17) is 11.5 Å². The van der Waals surface area contributed by atoms with Crippen molar-refractivity contribution in [1.29, 1.82) is 0 Å². The molecule has 2 unspecified atom stereocenters. The largest absolute Gasteiger partial charge is 0.361 e. The van der Waals surface area contributed by atoms with Crippen LogP contribution < -0.4 is 11.5 Å². The minimum absolute atomic E-state index is 0.0803. The van der Waals surface area contributed by atoms with Crippen molar-refractivity contribution >= 4 is 0 Å². The van der Waals surface area contributed by atoms with Crippen LogP contribution in [-0.4, -0.2) is 23.1 Å². The van der Waals surface area contributed by atoms with Crippen LogP contribution in [0.5, 0.6) is 0 Å². The summed E-state index contributed by atoms with van der Waals surface area (Å²) in [6, 6.07) is 0. The molecule has 0 amide bonds. The number of rotatable bonds is 0. The molecule has 1 rings (SSSR count). The first-order valence-electron chi connectivity index (χ1n) is 5.05. The number of likely N-dealkylation sites (N-methyl/N-ethyl adjacent to an activating group) is 1. The summed E-state index contributed by atoms with van der Waals surface area (Å²) in [5.74, 6) is 0. The van der Waals surface area contributed by atoms with E-state index in [0.717, 1.165) is 0 Å². The van der Waals surface area contributed by atoms with Crippen LogP contribution in [0, 0.1) is 5.41 Å². The summed E-state index contributed by atoms with van der Waals surface area (Å²) in [4.78, 5) is 2.01. The van der Waals surface area contributed by atoms with Gasteiger partial charge >= 0.3 is 0 Å². The highest BCUT2D eigenvalue weighted by molar-refractivity contribution is 5.27. The molecule has 0 aliphatic carbocycles. The molecule has 0 aromatic rings. The first kappa shape index (κ1) is 11.5. The SMILES string of the molecule is CC1=CN(C)C(C)(N)C(C)(N)C1(C)C. The first-order chi connectivity index (χ1) is 6.05. The molecule has 0 saturated heterocycles. The van der Waals surface area contributed by atoms with Gasteiger partial charge in [0.05, 0.1) is 5.54 Å². The predicted octanol–water partition coefficient (Wildman–Crippen LogP) is 1.25. The van der Waals surface area contributed by atoms with Gasteiger partial charge in [-0.1, -0.05) is 13.8 Å². The van der Waals surface area contributed by atoms with Crippen molar-refractivity contribution in [3.8, 4) is 0 Å². The molecule has 4 N–H and O–H groups in total. The van der Waals surface area contributed by atoms with Crippen molar-refractivity contribution < 1.29 is 0 Å². The van der Waals surface area contributed by atoms with Gasteiger partial charge in [-0.05, 0) is 26.3 Å². The molecule has 3 heteroatoms. The second kappa shape index (κ2) is 2.74. The van der Waals surface area contributed by atoms with Crippen LogP contribution in [0.2, 0.25) is 0 Å². The Bertz CT molecular complexity index is 274. The molecule has 0 bridgehead atoms. The number of hydrogen-bond acceptors (Lipinski definition) is 3. The van der Waals surface area contributed by atoms with E-state index in [-0.39, 0.29) is 5.41 Å². The Morgan fingerprint density at radius 3 is 2.00 bits per heavy atom. The molecule has 82 valence electrons. The van der Waals surface area contributed by atoms with E-state index in [9.17, 15) is 0 Å². The van der Waals surface area contributed by atoms with Gasteiger partial charge in [-0.15, -0.1) is 0 Å². The summed E-state index contributed by atoms with van der Waals surface area (Å²) in [7, 11) is 1.98. The van der Waals surface area contributed by atoms with Gasteiger partial charge in [0.2, 0.25) is 0 Å². The average Bonchev–Trinajstić information content (AvgIpc) is 2.01. The number of nitrogens with zero attached hydrogens (tertiary/aromatic N) is 1. The quantitative estimate of drug-likeness (QED) is 0.614. The number of hydrogen-bond donors (Lipinski definition) is 2. The van der Waals surface area contributed by atoms with E-state index in [0.29, 0.717) is 0 Å². The summed E-state index contributed by atoms with van der Waals surface area (Å²) in [6.45, 7) is 10.4. The van der Waals surface area contributed by atoms with Crippen LogP contribution in [0.4, 0.5) is 0 Å². The Balaban J connectivity index is 3.35. The fourth-order valence-corrected chi connectivity index (χ4v) is 1.99. The maximum Gasteiger partial charge on any atom is 0.104 e. The minimum Gasteiger partial charge on any atom is -0.361 e. The van der Waals surface area contributed by atoms with E-state index in [1.54, 1.807) is 0 Å². The molecule has 14 heavy (non-hydrogen) atoms. The topological polar surface area (TPSA) is 55.3 Å². The highest BCUT2D eigenvalue weighted by Crippen LogP contribution is 2.45. The van der Waals surface area contributed by atoms with E-state index >= 15 is 0 Å². The molecule has 1 heterocycles. The third kappa shape index (κ3) is 1.12. The fourth-order valence-electron chi connectivity index (χ4n) is 1.99. The Labute approximate surface area is 87.1 Å². The first-order valence-corrected chi connectivity index (χ1v) is 5.05. The van der Waals surface area contributed by atoms with Crippen LogP contribution in [0.25, 0.3) is 0 Å². The van der Waals surface area contributed by atoms with Crippen molar-refractivity contribution in [3.05, 3.63) is 11.8 Å². The summed E-state index contributed by atoms with van der Waals surface area (Å²) in [5, 5.41) is 0. The van der Waals surface area contributed by atoms with Crippen molar-refractivity contribution in [1.82, 2.24) is 4.90 Å². The molecule has 0 saturated carbocycles. The van der Waals surface area contributed by atoms with Crippen LogP contribution in [0.3, 0.4) is 0 Å². The molecule has 1 aliphatic rings. The third-order valence-corrected chi connectivity index (χ3v) is 4.46. The smallest absolute Gasteiger partial charge is 0.104 e. The van der Waals surface area contributed by atoms with Crippen LogP contribution in [0.1, 0.15) is 34.6 Å². The maximum atomic E-state index is 6.41. The lowest BCUT2D eigenvalue weighted by Crippen LogP contribution is -2.76. The zero-order valence-electron chi connectivity index (χ0n) is 10.2. The zero-order valence-corrected chi connectivity index (χ0v) is 10.2. The van der Waals surface area contributed by atoms with Crippen LogP contribution in [-0.2, 0) is 0 Å². The molecule has 2 atom stereocenters. The molecular formula is C11H23N3. The van der Waals surface area contributed by atoms with E-state index in [1.807, 2.05) is 25.8 Å². The standard InChI is InChI=1S/C11H23N3/c1-8-7-14(6)11(5,13)10(4,12)9(8,2)3/h7H,12-13H2,1-6H3. The monoisotopic (exact) mass is 197 g/mol. The van der Waals surface area contributed by atoms with Gasteiger partial charge in [-0.3, -0.25) is 0 Å². The van der Waals surface area contributed by atoms with E-state index in [2.05, 4.69) is 27.0 Å². The van der Waals surface area contributed by atoms with E-state index in [1.165, 1.54) is 5.57 Å². The van der Waals surface area contributed by atoms with Crippen molar-refractivity contribution in [2.24, 2.45) is 16.9 Å².